The minimum atomic E-state index is -5.32. The van der Waals surface area contributed by atoms with Gasteiger partial charge in [-0.3, -0.25) is 23.9 Å². The van der Waals surface area contributed by atoms with Crippen molar-refractivity contribution < 1.29 is 22.8 Å². The van der Waals surface area contributed by atoms with Crippen molar-refractivity contribution in [1.29, 1.82) is 0 Å². The molecule has 1 atom stereocenters. The second-order valence-corrected chi connectivity index (χ2v) is 8.08. The largest absolute Gasteiger partial charge is 0.425 e. The van der Waals surface area contributed by atoms with Crippen molar-refractivity contribution >= 4 is 17.6 Å². The Morgan fingerprint density at radius 3 is 2.38 bits per heavy atom. The van der Waals surface area contributed by atoms with Crippen molar-refractivity contribution in [3.8, 4) is 0 Å². The number of fused-ring (bicyclic) bond motifs is 1. The van der Waals surface area contributed by atoms with E-state index in [9.17, 15) is 32.3 Å². The second kappa shape index (κ2) is 7.95. The lowest BCUT2D eigenvalue weighted by Crippen LogP contribution is -2.63. The molecule has 1 saturated carbocycles. The fourth-order valence-corrected chi connectivity index (χ4v) is 4.39. The first kappa shape index (κ1) is 21.8. The number of carbonyl (C=O) groups is 2. The summed E-state index contributed by atoms with van der Waals surface area (Å²) in [4.78, 5) is 52.4. The van der Waals surface area contributed by atoms with Gasteiger partial charge in [0.15, 0.2) is 0 Å². The van der Waals surface area contributed by atoms with Crippen LogP contribution in [-0.2, 0) is 21.7 Å². The number of halogens is 3. The maximum Gasteiger partial charge on any atom is 0.425 e. The molecule has 11 heteroatoms. The smallest absolute Gasteiger partial charge is 0.330 e. The highest BCUT2D eigenvalue weighted by atomic mass is 19.4. The highest BCUT2D eigenvalue weighted by Crippen LogP contribution is 2.45. The number of H-pyrrole nitrogens is 1. The molecule has 1 aromatic heterocycles. The number of anilines is 1. The van der Waals surface area contributed by atoms with E-state index < -0.39 is 52.1 Å². The van der Waals surface area contributed by atoms with Gasteiger partial charge in [-0.25, -0.2) is 4.79 Å². The lowest BCUT2D eigenvalue weighted by molar-refractivity contribution is -0.201. The van der Waals surface area contributed by atoms with Crippen molar-refractivity contribution in [2.75, 3.05) is 5.32 Å². The molecule has 3 N–H and O–H groups in total. The first-order valence-corrected chi connectivity index (χ1v) is 10.3. The molecule has 1 fully saturated rings. The van der Waals surface area contributed by atoms with E-state index in [1.165, 1.54) is 0 Å². The Kier molecular flexibility index (Phi) is 5.43. The van der Waals surface area contributed by atoms with Crippen molar-refractivity contribution in [2.24, 2.45) is 5.92 Å². The summed E-state index contributed by atoms with van der Waals surface area (Å²) in [5.74, 6) is -3.82. The highest BCUT2D eigenvalue weighted by Gasteiger charge is 2.68. The molecule has 0 unspecified atom stereocenters. The van der Waals surface area contributed by atoms with E-state index in [1.807, 2.05) is 15.6 Å². The number of amides is 2. The van der Waals surface area contributed by atoms with Gasteiger partial charge in [0.2, 0.25) is 11.4 Å². The Morgan fingerprint density at radius 1 is 1.09 bits per heavy atom. The zero-order valence-electron chi connectivity index (χ0n) is 16.9. The van der Waals surface area contributed by atoms with Crippen LogP contribution < -0.4 is 21.9 Å². The second-order valence-electron chi connectivity index (χ2n) is 8.08. The van der Waals surface area contributed by atoms with Gasteiger partial charge in [0.05, 0.1) is 6.54 Å². The van der Waals surface area contributed by atoms with Crippen LogP contribution in [0.5, 0.6) is 0 Å². The normalized spacial score (nSPS) is 21.2. The minimum Gasteiger partial charge on any atom is -0.330 e. The number of aromatic amines is 1. The number of rotatable bonds is 4. The molecule has 1 aromatic carbocycles. The zero-order chi connectivity index (χ0) is 23.1. The molecular formula is C21H21F3N4O4. The van der Waals surface area contributed by atoms with E-state index in [0.29, 0.717) is 31.2 Å². The zero-order valence-corrected chi connectivity index (χ0v) is 16.9. The topological polar surface area (TPSA) is 113 Å². The molecule has 1 aliphatic heterocycles. The van der Waals surface area contributed by atoms with Crippen LogP contribution in [-0.4, -0.2) is 27.5 Å². The molecule has 0 spiro atoms. The number of hydrogen-bond acceptors (Lipinski definition) is 4. The van der Waals surface area contributed by atoms with Crippen LogP contribution in [0, 0.1) is 5.92 Å². The number of aromatic nitrogens is 2. The number of carbonyl (C=O) groups excluding carboxylic acids is 2. The molecule has 2 amide bonds. The van der Waals surface area contributed by atoms with Gasteiger partial charge in [0, 0.05) is 5.92 Å². The van der Waals surface area contributed by atoms with Gasteiger partial charge in [-0.05, 0) is 18.4 Å². The van der Waals surface area contributed by atoms with Crippen molar-refractivity contribution in [3.63, 3.8) is 0 Å². The molecule has 8 nitrogen and oxygen atoms in total. The fraction of sp³-hybridized carbons (Fsp3) is 0.429. The van der Waals surface area contributed by atoms with Crippen LogP contribution in [0.3, 0.4) is 0 Å². The van der Waals surface area contributed by atoms with Crippen LogP contribution in [0.25, 0.3) is 0 Å². The average molecular weight is 450 g/mol. The average Bonchev–Trinajstić information content (AvgIpc) is 3.06. The number of benzene rings is 1. The van der Waals surface area contributed by atoms with Crippen LogP contribution in [0.15, 0.2) is 39.9 Å². The highest BCUT2D eigenvalue weighted by molar-refractivity contribution is 6.07. The summed E-state index contributed by atoms with van der Waals surface area (Å²) in [6.45, 7) is -0.191. The van der Waals surface area contributed by atoms with Gasteiger partial charge < -0.3 is 10.6 Å². The molecule has 4 rings (SSSR count). The number of alkyl halides is 3. The first-order chi connectivity index (χ1) is 15.1. The van der Waals surface area contributed by atoms with Gasteiger partial charge in [-0.1, -0.05) is 49.6 Å². The van der Waals surface area contributed by atoms with E-state index in [0.717, 1.165) is 11.0 Å². The van der Waals surface area contributed by atoms with E-state index in [2.05, 4.69) is 0 Å². The maximum absolute atomic E-state index is 14.4. The molecule has 0 saturated heterocycles. The van der Waals surface area contributed by atoms with Gasteiger partial charge >= 0.3 is 11.9 Å². The van der Waals surface area contributed by atoms with Crippen LogP contribution in [0.4, 0.5) is 19.0 Å². The first-order valence-electron chi connectivity index (χ1n) is 10.3. The molecule has 1 aliphatic carbocycles. The van der Waals surface area contributed by atoms with E-state index >= 15 is 0 Å². The third-order valence-corrected chi connectivity index (χ3v) is 6.04. The van der Waals surface area contributed by atoms with E-state index in [1.54, 1.807) is 30.3 Å². The third-order valence-electron chi connectivity index (χ3n) is 6.04. The molecule has 0 bridgehead atoms. The summed E-state index contributed by atoms with van der Waals surface area (Å²) in [6.07, 6.45) is -2.26. The SMILES string of the molecule is O=C(N[C@@]1(C(F)(F)F)C(=O)Nc2c1c(=O)[nH]c(=O)n2Cc1ccccc1)C1CCCCC1. The van der Waals surface area contributed by atoms with E-state index in [-0.39, 0.29) is 6.54 Å². The Labute approximate surface area is 179 Å². The van der Waals surface area contributed by atoms with Gasteiger partial charge in [0.25, 0.3) is 11.5 Å². The Hall–Kier alpha value is -3.37. The molecule has 32 heavy (non-hydrogen) atoms. The van der Waals surface area contributed by atoms with Crippen LogP contribution in [0.1, 0.15) is 43.2 Å². The molecule has 2 aromatic rings. The van der Waals surface area contributed by atoms with Crippen LogP contribution in [0.2, 0.25) is 0 Å². The number of nitrogens with zero attached hydrogens (tertiary/aromatic N) is 1. The van der Waals surface area contributed by atoms with Crippen molar-refractivity contribution in [2.45, 2.75) is 50.4 Å². The minimum absolute atomic E-state index is 0.191. The predicted octanol–water partition coefficient (Wildman–Crippen LogP) is 1.99. The van der Waals surface area contributed by atoms with Crippen molar-refractivity contribution in [3.05, 3.63) is 62.3 Å². The lowest BCUT2D eigenvalue weighted by Gasteiger charge is -2.32. The monoisotopic (exact) mass is 450 g/mol. The Morgan fingerprint density at radius 2 is 1.75 bits per heavy atom. The molecular weight excluding hydrogens is 429 g/mol. The summed E-state index contributed by atoms with van der Waals surface area (Å²) < 4.78 is 44.0. The van der Waals surface area contributed by atoms with Gasteiger partial charge in [-0.15, -0.1) is 0 Å². The van der Waals surface area contributed by atoms with Gasteiger partial charge in [-0.2, -0.15) is 13.2 Å². The predicted molar refractivity (Wildman–Crippen MR) is 108 cm³/mol. The summed E-state index contributed by atoms with van der Waals surface area (Å²) in [7, 11) is 0. The quantitative estimate of drug-likeness (QED) is 0.661. The number of hydrogen-bond donors (Lipinski definition) is 3. The third kappa shape index (κ3) is 3.51. The standard InChI is InChI=1S/C21H21F3N4O4/c22-21(23,24)20(27-16(29)13-9-5-2-6-10-13)14-15(25-18(20)31)28(19(32)26-17(14)30)11-12-7-3-1-4-8-12/h1,3-4,7-8,13H,2,5-6,9-11H2,(H,25,31)(H,27,29)(H,26,30,32)/t20-/m1/s1. The maximum atomic E-state index is 14.4. The van der Waals surface area contributed by atoms with E-state index in [4.69, 9.17) is 0 Å². The summed E-state index contributed by atoms with van der Waals surface area (Å²) in [5, 5.41) is 3.89. The summed E-state index contributed by atoms with van der Waals surface area (Å²) >= 11 is 0. The molecule has 170 valence electrons. The van der Waals surface area contributed by atoms with Crippen LogP contribution >= 0.6 is 0 Å². The van der Waals surface area contributed by atoms with Gasteiger partial charge in [0.1, 0.15) is 11.4 Å². The molecule has 2 heterocycles. The fourth-order valence-electron chi connectivity index (χ4n) is 4.39. The Balaban J connectivity index is 1.85. The Bertz CT molecular complexity index is 1170. The molecule has 0 radical (unpaired) electrons. The summed E-state index contributed by atoms with van der Waals surface area (Å²) in [5.41, 5.74) is -6.41. The lowest BCUT2D eigenvalue weighted by atomic mass is 9.86. The number of nitrogens with one attached hydrogen (secondary N) is 3. The summed E-state index contributed by atoms with van der Waals surface area (Å²) in [6, 6.07) is 8.36. The van der Waals surface area contributed by atoms with Crippen molar-refractivity contribution in [1.82, 2.24) is 14.9 Å². The molecule has 2 aliphatic rings.